The van der Waals surface area contributed by atoms with Gasteiger partial charge in [0.05, 0.1) is 17.7 Å². The van der Waals surface area contributed by atoms with Crippen molar-refractivity contribution in [3.05, 3.63) is 70.8 Å². The molecule has 12 heteroatoms. The van der Waals surface area contributed by atoms with Crippen molar-refractivity contribution in [2.75, 3.05) is 19.7 Å². The molecule has 194 valence electrons. The van der Waals surface area contributed by atoms with Crippen molar-refractivity contribution in [1.29, 1.82) is 0 Å². The zero-order valence-electron chi connectivity index (χ0n) is 18.8. The molecule has 36 heavy (non-hydrogen) atoms. The first-order valence-corrected chi connectivity index (χ1v) is 11.1. The number of hydrogen-bond acceptors (Lipinski definition) is 4. The first-order chi connectivity index (χ1) is 16.8. The molecule has 0 unspecified atom stereocenters. The molecular formula is C24H22F6N2O4. The van der Waals surface area contributed by atoms with Crippen molar-refractivity contribution >= 4 is 11.9 Å². The normalized spacial score (nSPS) is 20.6. The number of piperidine rings is 1. The van der Waals surface area contributed by atoms with Crippen LogP contribution in [0.2, 0.25) is 0 Å². The predicted molar refractivity (Wildman–Crippen MR) is 114 cm³/mol. The number of hydrogen-bond donors (Lipinski definition) is 1. The fraction of sp³-hybridized carbons (Fsp3) is 0.417. The van der Waals surface area contributed by atoms with E-state index in [4.69, 9.17) is 4.74 Å². The van der Waals surface area contributed by atoms with Crippen molar-refractivity contribution in [3.63, 3.8) is 0 Å². The number of nitrogens with zero attached hydrogens (tertiary/aromatic N) is 2. The van der Waals surface area contributed by atoms with Crippen molar-refractivity contribution in [3.8, 4) is 0 Å². The molecule has 0 radical (unpaired) electrons. The van der Waals surface area contributed by atoms with Gasteiger partial charge in [0.1, 0.15) is 5.72 Å². The average molecular weight is 516 g/mol. The highest BCUT2D eigenvalue weighted by Gasteiger charge is 2.54. The summed E-state index contributed by atoms with van der Waals surface area (Å²) in [7, 11) is 0. The fourth-order valence-electron chi connectivity index (χ4n) is 4.68. The number of benzene rings is 2. The molecule has 1 amide bonds. The van der Waals surface area contributed by atoms with Gasteiger partial charge in [0, 0.05) is 38.0 Å². The summed E-state index contributed by atoms with van der Waals surface area (Å²) in [4.78, 5) is 28.1. The zero-order valence-corrected chi connectivity index (χ0v) is 18.8. The van der Waals surface area contributed by atoms with Gasteiger partial charge in [-0.15, -0.1) is 0 Å². The monoisotopic (exact) mass is 516 g/mol. The van der Waals surface area contributed by atoms with Crippen LogP contribution in [0.3, 0.4) is 0 Å². The van der Waals surface area contributed by atoms with Crippen molar-refractivity contribution in [2.45, 2.75) is 43.5 Å². The van der Waals surface area contributed by atoms with Crippen LogP contribution in [-0.4, -0.2) is 58.2 Å². The van der Waals surface area contributed by atoms with E-state index >= 15 is 0 Å². The van der Waals surface area contributed by atoms with Gasteiger partial charge < -0.3 is 9.84 Å². The third-order valence-electron chi connectivity index (χ3n) is 6.49. The van der Waals surface area contributed by atoms with E-state index < -0.39 is 59.3 Å². The smallest absolute Gasteiger partial charge is 0.416 e. The standard InChI is InChI=1S/C24H22F6N2O4/c25-23(26,27)17-10-16(11-18(12-17)24(28,29)30)20(33)32-19(21(34)35)14-36-22(32)6-8-31(9-7-22)13-15-4-2-1-3-5-15/h1-5,10-12,19H,6-9,13-14H2,(H,34,35)/t19-/m0/s1. The topological polar surface area (TPSA) is 70.1 Å². The quantitative estimate of drug-likeness (QED) is 0.600. The minimum absolute atomic E-state index is 0.0796. The van der Waals surface area contributed by atoms with E-state index in [0.717, 1.165) is 10.5 Å². The number of carboxylic acids is 1. The number of aliphatic carboxylic acids is 1. The Morgan fingerprint density at radius 3 is 2.00 bits per heavy atom. The second-order valence-corrected chi connectivity index (χ2v) is 8.84. The Balaban J connectivity index is 1.65. The van der Waals surface area contributed by atoms with E-state index in [0.29, 0.717) is 31.8 Å². The van der Waals surface area contributed by atoms with E-state index in [1.807, 2.05) is 35.2 Å². The third kappa shape index (κ3) is 5.19. The zero-order chi connectivity index (χ0) is 26.3. The van der Waals surface area contributed by atoms with Gasteiger partial charge >= 0.3 is 18.3 Å². The number of carboxylic acid groups (broad SMARTS) is 1. The molecule has 2 fully saturated rings. The molecular weight excluding hydrogens is 494 g/mol. The number of alkyl halides is 6. The molecule has 1 N–H and O–H groups in total. The van der Waals surface area contributed by atoms with Gasteiger partial charge in [0.15, 0.2) is 6.04 Å². The summed E-state index contributed by atoms with van der Waals surface area (Å²) < 4.78 is 85.8. The molecule has 0 aliphatic carbocycles. The van der Waals surface area contributed by atoms with Crippen LogP contribution in [-0.2, 0) is 28.4 Å². The molecule has 1 spiro atoms. The Morgan fingerprint density at radius 1 is 0.944 bits per heavy atom. The van der Waals surface area contributed by atoms with Crippen molar-refractivity contribution in [1.82, 2.24) is 9.80 Å². The highest BCUT2D eigenvalue weighted by molar-refractivity contribution is 5.98. The van der Waals surface area contributed by atoms with E-state index in [1.165, 1.54) is 0 Å². The van der Waals surface area contributed by atoms with Crippen LogP contribution < -0.4 is 0 Å². The summed E-state index contributed by atoms with van der Waals surface area (Å²) in [6.45, 7) is 0.906. The lowest BCUT2D eigenvalue weighted by molar-refractivity contribution is -0.145. The van der Waals surface area contributed by atoms with Gasteiger partial charge in [-0.05, 0) is 23.8 Å². The second-order valence-electron chi connectivity index (χ2n) is 8.84. The first-order valence-electron chi connectivity index (χ1n) is 11.1. The number of carbonyl (C=O) groups is 2. The summed E-state index contributed by atoms with van der Waals surface area (Å²) in [5.74, 6) is -2.72. The third-order valence-corrected chi connectivity index (χ3v) is 6.49. The van der Waals surface area contributed by atoms with E-state index in [1.54, 1.807) is 0 Å². The van der Waals surface area contributed by atoms with Gasteiger partial charge in [0.25, 0.3) is 5.91 Å². The second kappa shape index (κ2) is 9.40. The van der Waals surface area contributed by atoms with Crippen LogP contribution in [0.4, 0.5) is 26.3 Å². The molecule has 6 nitrogen and oxygen atoms in total. The van der Waals surface area contributed by atoms with E-state index in [2.05, 4.69) is 0 Å². The Bertz CT molecular complexity index is 1100. The number of halogens is 6. The largest absolute Gasteiger partial charge is 0.480 e. The lowest BCUT2D eigenvalue weighted by Crippen LogP contribution is -2.58. The van der Waals surface area contributed by atoms with Gasteiger partial charge in [0.2, 0.25) is 0 Å². The van der Waals surface area contributed by atoms with Crippen molar-refractivity contribution in [2.24, 2.45) is 0 Å². The highest BCUT2D eigenvalue weighted by atomic mass is 19.4. The molecule has 2 aromatic rings. The van der Waals surface area contributed by atoms with E-state index in [-0.39, 0.29) is 18.9 Å². The molecule has 2 aliphatic heterocycles. The van der Waals surface area contributed by atoms with Crippen LogP contribution >= 0.6 is 0 Å². The fourth-order valence-corrected chi connectivity index (χ4v) is 4.68. The van der Waals surface area contributed by atoms with Crippen LogP contribution in [0.1, 0.15) is 39.9 Å². The Hall–Kier alpha value is -3.12. The summed E-state index contributed by atoms with van der Waals surface area (Å²) in [5.41, 5.74) is -4.64. The molecule has 4 rings (SSSR count). The number of amides is 1. The summed E-state index contributed by atoms with van der Waals surface area (Å²) in [5, 5.41) is 9.66. The predicted octanol–water partition coefficient (Wildman–Crippen LogP) is 4.64. The SMILES string of the molecule is O=C(O)[C@@H]1COC2(CCN(Cc3ccccc3)CC2)N1C(=O)c1cc(C(F)(F)F)cc(C(F)(F)F)c1. The number of carbonyl (C=O) groups excluding carboxylic acids is 1. The van der Waals surface area contributed by atoms with Gasteiger partial charge in [-0.2, -0.15) is 26.3 Å². The number of likely N-dealkylation sites (tertiary alicyclic amines) is 1. The molecule has 2 aliphatic rings. The minimum atomic E-state index is -5.15. The Labute approximate surface area is 202 Å². The Morgan fingerprint density at radius 2 is 1.50 bits per heavy atom. The van der Waals surface area contributed by atoms with Crippen LogP contribution in [0, 0.1) is 0 Å². The first kappa shape index (κ1) is 26.0. The lowest BCUT2D eigenvalue weighted by Gasteiger charge is -2.44. The summed E-state index contributed by atoms with van der Waals surface area (Å²) in [6, 6.07) is 8.48. The number of rotatable bonds is 4. The van der Waals surface area contributed by atoms with E-state index in [9.17, 15) is 41.0 Å². The molecule has 0 bridgehead atoms. The van der Waals surface area contributed by atoms with Crippen molar-refractivity contribution < 1.29 is 45.8 Å². The molecule has 0 aromatic heterocycles. The average Bonchev–Trinajstić information content (AvgIpc) is 3.18. The summed E-state index contributed by atoms with van der Waals surface area (Å²) in [6.07, 6.45) is -10.0. The highest BCUT2D eigenvalue weighted by Crippen LogP contribution is 2.41. The maximum absolute atomic E-state index is 13.4. The summed E-state index contributed by atoms with van der Waals surface area (Å²) >= 11 is 0. The molecule has 2 aromatic carbocycles. The van der Waals surface area contributed by atoms with Gasteiger partial charge in [-0.25, -0.2) is 4.79 Å². The van der Waals surface area contributed by atoms with Crippen LogP contribution in [0.15, 0.2) is 48.5 Å². The van der Waals surface area contributed by atoms with Gasteiger partial charge in [-0.3, -0.25) is 14.6 Å². The maximum atomic E-state index is 13.4. The molecule has 2 heterocycles. The van der Waals surface area contributed by atoms with Crippen LogP contribution in [0.5, 0.6) is 0 Å². The maximum Gasteiger partial charge on any atom is 0.416 e. The molecule has 2 saturated heterocycles. The number of ether oxygens (including phenoxy) is 1. The van der Waals surface area contributed by atoms with Gasteiger partial charge in [-0.1, -0.05) is 30.3 Å². The molecule has 1 atom stereocenters. The lowest BCUT2D eigenvalue weighted by atomic mass is 9.95. The molecule has 0 saturated carbocycles. The Kier molecular flexibility index (Phi) is 6.78. The minimum Gasteiger partial charge on any atom is -0.480 e. The van der Waals surface area contributed by atoms with Crippen LogP contribution in [0.25, 0.3) is 0 Å².